The topological polar surface area (TPSA) is 76.4 Å². The number of nitrogens with zero attached hydrogens (tertiary/aromatic N) is 1. The Kier molecular flexibility index (Phi) is 4.27. The van der Waals surface area contributed by atoms with E-state index in [1.165, 1.54) is 12.1 Å². The molecule has 0 fully saturated rings. The Morgan fingerprint density at radius 1 is 1.14 bits per heavy atom. The van der Waals surface area contributed by atoms with Crippen LogP contribution in [0.1, 0.15) is 5.56 Å². The fourth-order valence-corrected chi connectivity index (χ4v) is 2.01. The normalized spacial score (nSPS) is 10.0. The van der Waals surface area contributed by atoms with Crippen molar-refractivity contribution < 1.29 is 9.66 Å². The number of aryl methyl sites for hydroxylation is 1. The lowest BCUT2D eigenvalue weighted by atomic mass is 10.2. The van der Waals surface area contributed by atoms with E-state index in [1.807, 2.05) is 25.1 Å². The molecule has 6 heteroatoms. The Balaban J connectivity index is 2.41. The number of benzene rings is 2. The molecule has 0 unspecified atom stereocenters. The van der Waals surface area contributed by atoms with Gasteiger partial charge in [-0.15, -0.1) is 0 Å². The Hall–Kier alpha value is -2.76. The molecule has 0 bridgehead atoms. The Morgan fingerprint density at radius 3 is 2.48 bits per heavy atom. The third kappa shape index (κ3) is 3.42. The number of hydrogen-bond acceptors (Lipinski definition) is 5. The maximum absolute atomic E-state index is 11.0. The van der Waals surface area contributed by atoms with Gasteiger partial charge in [0.1, 0.15) is 5.75 Å². The van der Waals surface area contributed by atoms with E-state index >= 15 is 0 Å². The first-order valence-corrected chi connectivity index (χ1v) is 6.42. The summed E-state index contributed by atoms with van der Waals surface area (Å²) in [4.78, 5) is 10.6. The van der Waals surface area contributed by atoms with E-state index < -0.39 is 4.92 Å². The summed E-state index contributed by atoms with van der Waals surface area (Å²) in [7, 11) is 3.30. The molecule has 0 saturated carbocycles. The van der Waals surface area contributed by atoms with Gasteiger partial charge in [0.05, 0.1) is 17.7 Å². The molecule has 2 rings (SSSR count). The molecule has 0 aliphatic heterocycles. The van der Waals surface area contributed by atoms with Crippen LogP contribution in [0.2, 0.25) is 0 Å². The number of nitro groups is 1. The van der Waals surface area contributed by atoms with Crippen LogP contribution in [0.4, 0.5) is 22.7 Å². The molecule has 2 N–H and O–H groups in total. The van der Waals surface area contributed by atoms with Gasteiger partial charge < -0.3 is 15.4 Å². The largest absolute Gasteiger partial charge is 0.495 e. The second kappa shape index (κ2) is 6.13. The number of hydrogen-bond donors (Lipinski definition) is 2. The second-order valence-corrected chi connectivity index (χ2v) is 4.60. The molecule has 0 aliphatic rings. The molecule has 0 aliphatic carbocycles. The van der Waals surface area contributed by atoms with Crippen LogP contribution in [-0.2, 0) is 0 Å². The van der Waals surface area contributed by atoms with E-state index in [1.54, 1.807) is 20.2 Å². The minimum absolute atomic E-state index is 0.0240. The summed E-state index contributed by atoms with van der Waals surface area (Å²) >= 11 is 0. The minimum Gasteiger partial charge on any atom is -0.495 e. The zero-order chi connectivity index (χ0) is 15.4. The van der Waals surface area contributed by atoms with Crippen molar-refractivity contribution in [3.05, 3.63) is 52.1 Å². The summed E-state index contributed by atoms with van der Waals surface area (Å²) in [5.74, 6) is 0.679. The quantitative estimate of drug-likeness (QED) is 0.647. The smallest absolute Gasteiger partial charge is 0.273 e. The van der Waals surface area contributed by atoms with Crippen molar-refractivity contribution in [3.63, 3.8) is 0 Å². The van der Waals surface area contributed by atoms with Crippen LogP contribution in [0.15, 0.2) is 36.4 Å². The molecule has 110 valence electrons. The van der Waals surface area contributed by atoms with Gasteiger partial charge in [0.2, 0.25) is 0 Å². The van der Waals surface area contributed by atoms with Crippen LogP contribution in [0.25, 0.3) is 0 Å². The summed E-state index contributed by atoms with van der Waals surface area (Å²) in [5.41, 5.74) is 3.14. The maximum atomic E-state index is 11.0. The van der Waals surface area contributed by atoms with E-state index in [0.29, 0.717) is 17.1 Å². The molecular formula is C15H17N3O3. The van der Waals surface area contributed by atoms with Crippen LogP contribution in [-0.4, -0.2) is 19.1 Å². The van der Waals surface area contributed by atoms with Crippen LogP contribution >= 0.6 is 0 Å². The molecule has 21 heavy (non-hydrogen) atoms. The van der Waals surface area contributed by atoms with Crippen molar-refractivity contribution in [1.29, 1.82) is 0 Å². The van der Waals surface area contributed by atoms with Crippen molar-refractivity contribution in [2.45, 2.75) is 6.92 Å². The molecule has 6 nitrogen and oxygen atoms in total. The van der Waals surface area contributed by atoms with Gasteiger partial charge in [-0.1, -0.05) is 6.07 Å². The Bertz CT molecular complexity index is 671. The van der Waals surface area contributed by atoms with Crippen LogP contribution in [0, 0.1) is 17.0 Å². The van der Waals surface area contributed by atoms with Gasteiger partial charge >= 0.3 is 0 Å². The molecule has 0 saturated heterocycles. The summed E-state index contributed by atoms with van der Waals surface area (Å²) in [6, 6.07) is 10.5. The Morgan fingerprint density at radius 2 is 1.86 bits per heavy atom. The zero-order valence-corrected chi connectivity index (χ0v) is 12.1. The number of non-ortho nitro benzene ring substituents is 1. The van der Waals surface area contributed by atoms with E-state index in [2.05, 4.69) is 10.6 Å². The van der Waals surface area contributed by atoms with Gasteiger partial charge in [0, 0.05) is 30.6 Å². The monoisotopic (exact) mass is 287 g/mol. The van der Waals surface area contributed by atoms with Gasteiger partial charge in [-0.25, -0.2) is 0 Å². The number of rotatable bonds is 5. The lowest BCUT2D eigenvalue weighted by molar-refractivity contribution is -0.384. The van der Waals surface area contributed by atoms with Crippen molar-refractivity contribution >= 4 is 22.7 Å². The molecular weight excluding hydrogens is 270 g/mol. The number of anilines is 3. The third-order valence-corrected chi connectivity index (χ3v) is 3.05. The van der Waals surface area contributed by atoms with Crippen molar-refractivity contribution in [2.24, 2.45) is 0 Å². The first-order chi connectivity index (χ1) is 10.0. The fraction of sp³-hybridized carbons (Fsp3) is 0.200. The predicted octanol–water partition coefficient (Wildman–Crippen LogP) is 3.70. The number of methoxy groups -OCH3 is 1. The molecule has 2 aromatic rings. The molecule has 0 radical (unpaired) electrons. The van der Waals surface area contributed by atoms with Crippen LogP contribution in [0.5, 0.6) is 5.75 Å². The highest BCUT2D eigenvalue weighted by molar-refractivity contribution is 5.72. The van der Waals surface area contributed by atoms with E-state index in [0.717, 1.165) is 11.3 Å². The molecule has 0 atom stereocenters. The summed E-state index contributed by atoms with van der Waals surface area (Å²) < 4.78 is 5.29. The van der Waals surface area contributed by atoms with Gasteiger partial charge in [0.25, 0.3) is 5.69 Å². The van der Waals surface area contributed by atoms with E-state index in [9.17, 15) is 10.1 Å². The second-order valence-electron chi connectivity index (χ2n) is 4.60. The van der Waals surface area contributed by atoms with Gasteiger partial charge in [-0.3, -0.25) is 10.1 Å². The standard InChI is InChI=1S/C15H17N3O3/c1-10-4-5-15(21-3)14(6-10)17-12-7-11(16-2)8-13(9-12)18(19)20/h4-9,16-17H,1-3H3. The SMILES string of the molecule is CNc1cc(Nc2cc(C)ccc2OC)cc([N+](=O)[O-])c1. The highest BCUT2D eigenvalue weighted by atomic mass is 16.6. The van der Waals surface area contributed by atoms with Crippen molar-refractivity contribution in [2.75, 3.05) is 24.8 Å². The zero-order valence-electron chi connectivity index (χ0n) is 12.1. The molecule has 2 aromatic carbocycles. The molecule has 0 aromatic heterocycles. The van der Waals surface area contributed by atoms with Gasteiger partial charge in [-0.2, -0.15) is 0 Å². The number of ether oxygens (including phenoxy) is 1. The average molecular weight is 287 g/mol. The first kappa shape index (κ1) is 14.6. The number of nitro benzene ring substituents is 1. The molecule has 0 amide bonds. The maximum Gasteiger partial charge on any atom is 0.273 e. The lowest BCUT2D eigenvalue weighted by Crippen LogP contribution is -1.98. The third-order valence-electron chi connectivity index (χ3n) is 3.05. The molecule has 0 spiro atoms. The van der Waals surface area contributed by atoms with Gasteiger partial charge in [0.15, 0.2) is 0 Å². The fourth-order valence-electron chi connectivity index (χ4n) is 2.01. The minimum atomic E-state index is -0.417. The highest BCUT2D eigenvalue weighted by Crippen LogP contribution is 2.31. The van der Waals surface area contributed by atoms with Crippen LogP contribution < -0.4 is 15.4 Å². The van der Waals surface area contributed by atoms with E-state index in [4.69, 9.17) is 4.74 Å². The summed E-state index contributed by atoms with van der Waals surface area (Å²) in [6.45, 7) is 1.97. The predicted molar refractivity (Wildman–Crippen MR) is 83.7 cm³/mol. The molecule has 0 heterocycles. The summed E-state index contributed by atoms with van der Waals surface area (Å²) in [5, 5.41) is 17.1. The average Bonchev–Trinajstić information content (AvgIpc) is 2.47. The summed E-state index contributed by atoms with van der Waals surface area (Å²) in [6.07, 6.45) is 0. The van der Waals surface area contributed by atoms with Crippen LogP contribution in [0.3, 0.4) is 0 Å². The van der Waals surface area contributed by atoms with Crippen molar-refractivity contribution in [3.8, 4) is 5.75 Å². The first-order valence-electron chi connectivity index (χ1n) is 6.42. The lowest BCUT2D eigenvalue weighted by Gasteiger charge is -2.13. The number of nitrogens with one attached hydrogen (secondary N) is 2. The Labute approximate surface area is 122 Å². The van der Waals surface area contributed by atoms with Gasteiger partial charge in [-0.05, 0) is 30.7 Å². The van der Waals surface area contributed by atoms with Crippen molar-refractivity contribution in [1.82, 2.24) is 0 Å². The van der Waals surface area contributed by atoms with E-state index in [-0.39, 0.29) is 5.69 Å². The highest BCUT2D eigenvalue weighted by Gasteiger charge is 2.11.